The Balaban J connectivity index is 3.24. The van der Waals surface area contributed by atoms with Crippen LogP contribution in [0.4, 0.5) is 0 Å². The molecule has 0 aliphatic carbocycles. The number of hydrogen-bond donors (Lipinski definition) is 0. The lowest BCUT2D eigenvalue weighted by molar-refractivity contribution is 0.392. The van der Waals surface area contributed by atoms with E-state index in [1.54, 1.807) is 7.11 Å². The summed E-state index contributed by atoms with van der Waals surface area (Å²) in [5, 5.41) is 0. The topological polar surface area (TPSA) is 22.1 Å². The lowest BCUT2D eigenvalue weighted by atomic mass is 10.1. The summed E-state index contributed by atoms with van der Waals surface area (Å²) in [5.41, 5.74) is 3.07. The number of alkyl halides is 1. The Morgan fingerprint density at radius 3 is 2.67 bits per heavy atom. The van der Waals surface area contributed by atoms with Gasteiger partial charge in [-0.25, -0.2) is 4.98 Å². The van der Waals surface area contributed by atoms with Crippen molar-refractivity contribution in [2.75, 3.05) is 7.11 Å². The molecule has 3 heteroatoms. The zero-order valence-electron chi connectivity index (χ0n) is 7.52. The normalized spacial score (nSPS) is 10.0. The molecule has 0 bridgehead atoms. The molecule has 0 N–H and O–H groups in total. The fourth-order valence-electron chi connectivity index (χ4n) is 1.16. The van der Waals surface area contributed by atoms with Crippen molar-refractivity contribution >= 4 is 11.6 Å². The van der Waals surface area contributed by atoms with Crippen molar-refractivity contribution in [1.29, 1.82) is 0 Å². The highest BCUT2D eigenvalue weighted by Gasteiger charge is 2.06. The van der Waals surface area contributed by atoms with E-state index in [1.807, 2.05) is 19.9 Å². The highest BCUT2D eigenvalue weighted by atomic mass is 35.5. The zero-order chi connectivity index (χ0) is 9.14. The van der Waals surface area contributed by atoms with Crippen molar-refractivity contribution in [1.82, 2.24) is 4.98 Å². The third-order valence-corrected chi connectivity index (χ3v) is 2.03. The molecule has 0 amide bonds. The average Bonchev–Trinajstić information content (AvgIpc) is 2.03. The molecule has 1 aromatic rings. The van der Waals surface area contributed by atoms with Crippen molar-refractivity contribution in [3.63, 3.8) is 0 Å². The highest BCUT2D eigenvalue weighted by molar-refractivity contribution is 6.17. The third-order valence-electron chi connectivity index (χ3n) is 1.76. The Bertz CT molecular complexity index is 286. The van der Waals surface area contributed by atoms with Gasteiger partial charge in [-0.15, -0.1) is 11.6 Å². The van der Waals surface area contributed by atoms with Gasteiger partial charge in [-0.1, -0.05) is 0 Å². The summed E-state index contributed by atoms with van der Waals surface area (Å²) in [6.07, 6.45) is 0. The molecule has 12 heavy (non-hydrogen) atoms. The van der Waals surface area contributed by atoms with Crippen molar-refractivity contribution in [2.24, 2.45) is 0 Å². The second-order valence-corrected chi connectivity index (χ2v) is 2.97. The monoisotopic (exact) mass is 185 g/mol. The number of pyridine rings is 1. The molecular weight excluding hydrogens is 174 g/mol. The lowest BCUT2D eigenvalue weighted by Gasteiger charge is -2.08. The van der Waals surface area contributed by atoms with Gasteiger partial charge in [0.2, 0.25) is 5.88 Å². The van der Waals surface area contributed by atoms with E-state index in [0.29, 0.717) is 11.8 Å². The predicted molar refractivity (Wildman–Crippen MR) is 49.8 cm³/mol. The fourth-order valence-corrected chi connectivity index (χ4v) is 1.49. The van der Waals surface area contributed by atoms with Crippen LogP contribution in [0.5, 0.6) is 5.88 Å². The number of aromatic nitrogens is 1. The number of hydrogen-bond acceptors (Lipinski definition) is 2. The highest BCUT2D eigenvalue weighted by Crippen LogP contribution is 2.21. The number of rotatable bonds is 2. The van der Waals surface area contributed by atoms with Gasteiger partial charge in [-0.05, 0) is 25.5 Å². The summed E-state index contributed by atoms with van der Waals surface area (Å²) in [4.78, 5) is 4.22. The van der Waals surface area contributed by atoms with E-state index in [9.17, 15) is 0 Å². The zero-order valence-corrected chi connectivity index (χ0v) is 8.27. The minimum atomic E-state index is 0.447. The quantitative estimate of drug-likeness (QED) is 0.661. The van der Waals surface area contributed by atoms with Crippen LogP contribution in [0.2, 0.25) is 0 Å². The van der Waals surface area contributed by atoms with Crippen molar-refractivity contribution < 1.29 is 4.74 Å². The molecule has 1 aromatic heterocycles. The molecule has 0 unspecified atom stereocenters. The summed E-state index contributed by atoms with van der Waals surface area (Å²) in [7, 11) is 1.61. The molecule has 0 aromatic carbocycles. The van der Waals surface area contributed by atoms with Gasteiger partial charge in [0.05, 0.1) is 13.0 Å². The molecule has 0 atom stereocenters. The summed E-state index contributed by atoms with van der Waals surface area (Å²) >= 11 is 5.75. The fraction of sp³-hybridized carbons (Fsp3) is 0.444. The van der Waals surface area contributed by atoms with E-state index in [0.717, 1.165) is 16.8 Å². The van der Waals surface area contributed by atoms with Crippen molar-refractivity contribution in [3.05, 3.63) is 22.9 Å². The van der Waals surface area contributed by atoms with Crippen LogP contribution in [0.25, 0.3) is 0 Å². The second-order valence-electron chi connectivity index (χ2n) is 2.70. The smallest absolute Gasteiger partial charge is 0.217 e. The first-order valence-corrected chi connectivity index (χ1v) is 4.29. The average molecular weight is 186 g/mol. The van der Waals surface area contributed by atoms with Crippen LogP contribution in [0.3, 0.4) is 0 Å². The Morgan fingerprint density at radius 2 is 2.17 bits per heavy atom. The number of methoxy groups -OCH3 is 1. The SMILES string of the molecule is COc1nc(C)cc(C)c1CCl. The van der Waals surface area contributed by atoms with Crippen LogP contribution in [0, 0.1) is 13.8 Å². The van der Waals surface area contributed by atoms with Gasteiger partial charge >= 0.3 is 0 Å². The lowest BCUT2D eigenvalue weighted by Crippen LogP contribution is -1.97. The number of ether oxygens (including phenoxy) is 1. The van der Waals surface area contributed by atoms with Gasteiger partial charge < -0.3 is 4.74 Å². The molecule has 1 heterocycles. The molecule has 66 valence electrons. The molecule has 0 fully saturated rings. The molecule has 0 aliphatic heterocycles. The van der Waals surface area contributed by atoms with Crippen LogP contribution in [0.1, 0.15) is 16.8 Å². The first-order valence-electron chi connectivity index (χ1n) is 3.76. The molecular formula is C9H12ClNO. The number of halogens is 1. The number of aryl methyl sites for hydroxylation is 2. The summed E-state index contributed by atoms with van der Waals surface area (Å²) in [6, 6.07) is 2.00. The molecule has 1 rings (SSSR count). The van der Waals surface area contributed by atoms with E-state index in [-0.39, 0.29) is 0 Å². The molecule has 0 saturated heterocycles. The Hall–Kier alpha value is -0.760. The van der Waals surface area contributed by atoms with Gasteiger partial charge in [0.15, 0.2) is 0 Å². The van der Waals surface area contributed by atoms with E-state index in [2.05, 4.69) is 4.98 Å². The Kier molecular flexibility index (Phi) is 2.93. The molecule has 0 radical (unpaired) electrons. The first-order chi connectivity index (χ1) is 5.69. The van der Waals surface area contributed by atoms with Crippen LogP contribution < -0.4 is 4.74 Å². The van der Waals surface area contributed by atoms with Gasteiger partial charge in [0.1, 0.15) is 0 Å². The van der Waals surface area contributed by atoms with E-state index in [4.69, 9.17) is 16.3 Å². The van der Waals surface area contributed by atoms with Crippen LogP contribution in [0.15, 0.2) is 6.07 Å². The van der Waals surface area contributed by atoms with E-state index >= 15 is 0 Å². The Labute approximate surface area is 77.5 Å². The van der Waals surface area contributed by atoms with Crippen molar-refractivity contribution in [2.45, 2.75) is 19.7 Å². The van der Waals surface area contributed by atoms with Gasteiger partial charge in [0, 0.05) is 11.3 Å². The van der Waals surface area contributed by atoms with Gasteiger partial charge in [0.25, 0.3) is 0 Å². The van der Waals surface area contributed by atoms with Gasteiger partial charge in [-0.3, -0.25) is 0 Å². The van der Waals surface area contributed by atoms with E-state index in [1.165, 1.54) is 0 Å². The van der Waals surface area contributed by atoms with Gasteiger partial charge in [-0.2, -0.15) is 0 Å². The summed E-state index contributed by atoms with van der Waals surface area (Å²) < 4.78 is 5.10. The largest absolute Gasteiger partial charge is 0.481 e. The minimum absolute atomic E-state index is 0.447. The second kappa shape index (κ2) is 3.76. The number of nitrogens with zero attached hydrogens (tertiary/aromatic N) is 1. The molecule has 0 saturated carbocycles. The standard InChI is InChI=1S/C9H12ClNO/c1-6-4-7(2)11-9(12-3)8(6)5-10/h4H,5H2,1-3H3. The van der Waals surface area contributed by atoms with Crippen LogP contribution in [-0.2, 0) is 5.88 Å². The van der Waals surface area contributed by atoms with Crippen LogP contribution in [-0.4, -0.2) is 12.1 Å². The maximum Gasteiger partial charge on any atom is 0.217 e. The van der Waals surface area contributed by atoms with Crippen LogP contribution >= 0.6 is 11.6 Å². The third kappa shape index (κ3) is 1.69. The predicted octanol–water partition coefficient (Wildman–Crippen LogP) is 2.45. The maximum atomic E-state index is 5.75. The van der Waals surface area contributed by atoms with E-state index < -0.39 is 0 Å². The summed E-state index contributed by atoms with van der Waals surface area (Å²) in [6.45, 7) is 3.95. The van der Waals surface area contributed by atoms with Crippen molar-refractivity contribution in [3.8, 4) is 5.88 Å². The minimum Gasteiger partial charge on any atom is -0.481 e. The first kappa shape index (κ1) is 9.33. The summed E-state index contributed by atoms with van der Waals surface area (Å²) in [5.74, 6) is 1.09. The molecule has 2 nitrogen and oxygen atoms in total. The Morgan fingerprint density at radius 1 is 1.50 bits per heavy atom. The molecule has 0 spiro atoms. The molecule has 0 aliphatic rings. The maximum absolute atomic E-state index is 5.75.